The van der Waals surface area contributed by atoms with E-state index in [2.05, 4.69) is 10.2 Å². The van der Waals surface area contributed by atoms with Crippen LogP contribution in [0.2, 0.25) is 5.02 Å². The zero-order valence-corrected chi connectivity index (χ0v) is 15.0. The van der Waals surface area contributed by atoms with Crippen molar-refractivity contribution in [3.05, 3.63) is 74.1 Å². The summed E-state index contributed by atoms with van der Waals surface area (Å²) in [6.45, 7) is 0. The smallest absolute Gasteiger partial charge is 0.342 e. The lowest BCUT2D eigenvalue weighted by Gasteiger charge is -1.99. The molecular formula is C17H10ClN3O5S. The summed E-state index contributed by atoms with van der Waals surface area (Å²) < 4.78 is 5.48. The first-order valence-electron chi connectivity index (χ1n) is 7.39. The van der Waals surface area contributed by atoms with Gasteiger partial charge < -0.3 is 9.52 Å². The molecule has 0 aliphatic carbocycles. The van der Waals surface area contributed by atoms with Gasteiger partial charge in [0, 0.05) is 22.7 Å². The number of nitrogens with zero attached hydrogens (tertiary/aromatic N) is 3. The van der Waals surface area contributed by atoms with Crippen molar-refractivity contribution in [2.45, 2.75) is 5.22 Å². The van der Waals surface area contributed by atoms with Gasteiger partial charge in [-0.05, 0) is 59.8 Å². The van der Waals surface area contributed by atoms with Gasteiger partial charge >= 0.3 is 5.97 Å². The van der Waals surface area contributed by atoms with Crippen molar-refractivity contribution < 1.29 is 19.2 Å². The predicted octanol–water partition coefficient (Wildman–Crippen LogP) is 4.52. The van der Waals surface area contributed by atoms with Crippen LogP contribution in [0.1, 0.15) is 5.56 Å². The molecule has 1 N–H and O–H groups in total. The lowest BCUT2D eigenvalue weighted by Crippen LogP contribution is -1.97. The molecule has 3 aromatic rings. The number of carbonyl (C=O) groups is 1. The van der Waals surface area contributed by atoms with Gasteiger partial charge in [0.15, 0.2) is 0 Å². The van der Waals surface area contributed by atoms with E-state index in [1.807, 2.05) is 0 Å². The van der Waals surface area contributed by atoms with E-state index in [0.717, 1.165) is 11.8 Å². The third-order valence-corrected chi connectivity index (χ3v) is 4.41. The Morgan fingerprint density at radius 1 is 1.15 bits per heavy atom. The van der Waals surface area contributed by atoms with Crippen molar-refractivity contribution in [3.8, 4) is 11.5 Å². The third-order valence-electron chi connectivity index (χ3n) is 3.31. The average molecular weight is 404 g/mol. The van der Waals surface area contributed by atoms with Crippen molar-refractivity contribution in [1.82, 2.24) is 10.2 Å². The Labute approximate surface area is 161 Å². The number of rotatable bonds is 6. The number of carboxylic acid groups (broad SMARTS) is 1. The first-order valence-corrected chi connectivity index (χ1v) is 8.58. The molecule has 0 spiro atoms. The number of carboxylic acids is 1. The highest BCUT2D eigenvalue weighted by Crippen LogP contribution is 2.30. The highest BCUT2D eigenvalue weighted by molar-refractivity contribution is 8.03. The molecular weight excluding hydrogens is 394 g/mol. The Balaban J connectivity index is 1.81. The zero-order chi connectivity index (χ0) is 19.4. The molecule has 2 aromatic carbocycles. The van der Waals surface area contributed by atoms with Gasteiger partial charge in [0.1, 0.15) is 4.91 Å². The van der Waals surface area contributed by atoms with Crippen LogP contribution < -0.4 is 0 Å². The summed E-state index contributed by atoms with van der Waals surface area (Å²) in [5.41, 5.74) is 1.05. The maximum Gasteiger partial charge on any atom is 0.342 e. The minimum atomic E-state index is -1.19. The monoisotopic (exact) mass is 403 g/mol. The number of hydrogen-bond acceptors (Lipinski definition) is 7. The predicted molar refractivity (Wildman–Crippen MR) is 99.3 cm³/mol. The molecule has 0 saturated carbocycles. The van der Waals surface area contributed by atoms with E-state index >= 15 is 0 Å². The highest BCUT2D eigenvalue weighted by atomic mass is 35.5. The van der Waals surface area contributed by atoms with Crippen molar-refractivity contribution in [1.29, 1.82) is 0 Å². The van der Waals surface area contributed by atoms with Crippen LogP contribution in [0.25, 0.3) is 17.5 Å². The summed E-state index contributed by atoms with van der Waals surface area (Å²) in [6.07, 6.45) is 1.36. The quantitative estimate of drug-likeness (QED) is 0.276. The molecule has 1 heterocycles. The first-order chi connectivity index (χ1) is 12.9. The number of nitro groups is 1. The number of non-ortho nitro benzene ring substituents is 1. The number of aromatic nitrogens is 2. The average Bonchev–Trinajstić information content (AvgIpc) is 3.10. The molecule has 0 aliphatic heterocycles. The molecule has 0 radical (unpaired) electrons. The summed E-state index contributed by atoms with van der Waals surface area (Å²) in [6, 6.07) is 12.2. The maximum absolute atomic E-state index is 11.5. The number of benzene rings is 2. The fraction of sp³-hybridized carbons (Fsp3) is 0. The van der Waals surface area contributed by atoms with E-state index in [1.165, 1.54) is 30.3 Å². The standard InChI is InChI=1S/C17H10ClN3O5S/c18-12-5-3-11(4-6-12)15-19-20-17(26-15)27-14(16(22)23)9-10-1-7-13(8-2-10)21(24)25/h1-9H,(H,22,23)/b14-9-. The van der Waals surface area contributed by atoms with Crippen LogP contribution in [-0.4, -0.2) is 26.2 Å². The van der Waals surface area contributed by atoms with Gasteiger partial charge in [-0.25, -0.2) is 4.79 Å². The largest absolute Gasteiger partial charge is 0.477 e. The first kappa shape index (κ1) is 18.6. The van der Waals surface area contributed by atoms with Gasteiger partial charge in [-0.2, -0.15) is 0 Å². The summed E-state index contributed by atoms with van der Waals surface area (Å²) in [5, 5.41) is 28.4. The Morgan fingerprint density at radius 2 is 1.81 bits per heavy atom. The summed E-state index contributed by atoms with van der Waals surface area (Å²) >= 11 is 6.61. The number of halogens is 1. The Bertz CT molecular complexity index is 1020. The van der Waals surface area contributed by atoms with Crippen molar-refractivity contribution in [2.24, 2.45) is 0 Å². The zero-order valence-electron chi connectivity index (χ0n) is 13.4. The Kier molecular flexibility index (Phi) is 5.53. The Hall–Kier alpha value is -3.17. The van der Waals surface area contributed by atoms with E-state index in [9.17, 15) is 20.0 Å². The highest BCUT2D eigenvalue weighted by Gasteiger charge is 2.16. The maximum atomic E-state index is 11.5. The summed E-state index contributed by atoms with van der Waals surface area (Å²) in [7, 11) is 0. The topological polar surface area (TPSA) is 119 Å². The van der Waals surface area contributed by atoms with Gasteiger partial charge in [-0.3, -0.25) is 10.1 Å². The SMILES string of the molecule is O=C(O)/C(=C/c1ccc([N+](=O)[O-])cc1)Sc1nnc(-c2ccc(Cl)cc2)o1. The summed E-state index contributed by atoms with van der Waals surface area (Å²) in [5.74, 6) is -0.959. The van der Waals surface area contributed by atoms with E-state index < -0.39 is 10.9 Å². The van der Waals surface area contributed by atoms with Gasteiger partial charge in [-0.1, -0.05) is 11.6 Å². The minimum absolute atomic E-state index is 0.0514. The van der Waals surface area contributed by atoms with Crippen molar-refractivity contribution in [3.63, 3.8) is 0 Å². The molecule has 0 bridgehead atoms. The molecule has 10 heteroatoms. The normalized spacial score (nSPS) is 11.4. The van der Waals surface area contributed by atoms with Crippen LogP contribution in [-0.2, 0) is 4.79 Å². The van der Waals surface area contributed by atoms with Gasteiger partial charge in [0.2, 0.25) is 5.89 Å². The van der Waals surface area contributed by atoms with Crippen LogP contribution in [0, 0.1) is 10.1 Å². The van der Waals surface area contributed by atoms with Gasteiger partial charge in [0.05, 0.1) is 4.92 Å². The minimum Gasteiger partial charge on any atom is -0.477 e. The molecule has 136 valence electrons. The second-order valence-corrected chi connectivity index (χ2v) is 6.57. The number of thioether (sulfide) groups is 1. The van der Waals surface area contributed by atoms with Crippen LogP contribution >= 0.6 is 23.4 Å². The van der Waals surface area contributed by atoms with Crippen LogP contribution in [0.3, 0.4) is 0 Å². The van der Waals surface area contributed by atoms with Gasteiger partial charge in [-0.15, -0.1) is 10.2 Å². The molecule has 0 saturated heterocycles. The Morgan fingerprint density at radius 3 is 2.41 bits per heavy atom. The number of aliphatic carboxylic acids is 1. The van der Waals surface area contributed by atoms with E-state index in [4.69, 9.17) is 16.0 Å². The second-order valence-electron chi connectivity index (χ2n) is 5.14. The molecule has 0 fully saturated rings. The number of hydrogen-bond donors (Lipinski definition) is 1. The van der Waals surface area contributed by atoms with Crippen molar-refractivity contribution in [2.75, 3.05) is 0 Å². The molecule has 8 nitrogen and oxygen atoms in total. The molecule has 1 aromatic heterocycles. The third kappa shape index (κ3) is 4.72. The number of nitro benzene ring substituents is 1. The van der Waals surface area contributed by atoms with Crippen molar-refractivity contribution >= 4 is 41.1 Å². The van der Waals surface area contributed by atoms with Crippen LogP contribution in [0.5, 0.6) is 0 Å². The molecule has 0 aliphatic rings. The van der Waals surface area contributed by atoms with E-state index in [-0.39, 0.29) is 21.7 Å². The van der Waals surface area contributed by atoms with Crippen LogP contribution in [0.15, 0.2) is 63.1 Å². The van der Waals surface area contributed by atoms with Gasteiger partial charge in [0.25, 0.3) is 10.9 Å². The molecule has 0 unspecified atom stereocenters. The molecule has 27 heavy (non-hydrogen) atoms. The van der Waals surface area contributed by atoms with E-state index in [1.54, 1.807) is 24.3 Å². The fourth-order valence-electron chi connectivity index (χ4n) is 2.03. The summed E-state index contributed by atoms with van der Waals surface area (Å²) in [4.78, 5) is 21.6. The lowest BCUT2D eigenvalue weighted by molar-refractivity contribution is -0.384. The van der Waals surface area contributed by atoms with Crippen LogP contribution in [0.4, 0.5) is 5.69 Å². The molecule has 0 amide bonds. The lowest BCUT2D eigenvalue weighted by atomic mass is 10.2. The molecule has 0 atom stereocenters. The second kappa shape index (κ2) is 8.02. The molecule has 3 rings (SSSR count). The van der Waals surface area contributed by atoms with E-state index in [0.29, 0.717) is 16.1 Å². The fourth-order valence-corrected chi connectivity index (χ4v) is 2.83.